The van der Waals surface area contributed by atoms with E-state index in [1.807, 2.05) is 6.07 Å². The number of rotatable bonds is 5. The van der Waals surface area contributed by atoms with E-state index in [0.29, 0.717) is 19.6 Å². The van der Waals surface area contributed by atoms with Gasteiger partial charge in [0.2, 0.25) is 0 Å². The van der Waals surface area contributed by atoms with E-state index in [4.69, 9.17) is 14.6 Å². The van der Waals surface area contributed by atoms with Crippen LogP contribution in [0.4, 0.5) is 0 Å². The molecule has 126 valence electrons. The number of hydrogen-bond donors (Lipinski definition) is 1. The van der Waals surface area contributed by atoms with Gasteiger partial charge in [-0.25, -0.2) is 0 Å². The van der Waals surface area contributed by atoms with Crippen LogP contribution in [0.2, 0.25) is 0 Å². The lowest BCUT2D eigenvalue weighted by Crippen LogP contribution is -2.58. The maximum absolute atomic E-state index is 11.1. The summed E-state index contributed by atoms with van der Waals surface area (Å²) < 4.78 is 12.4. The molecule has 1 heterocycles. The molecule has 1 saturated heterocycles. The second-order valence-electron chi connectivity index (χ2n) is 6.83. The van der Waals surface area contributed by atoms with Crippen molar-refractivity contribution in [3.8, 4) is 0 Å². The van der Waals surface area contributed by atoms with Gasteiger partial charge < -0.3 is 14.6 Å². The first-order valence-electron chi connectivity index (χ1n) is 8.66. The third-order valence-corrected chi connectivity index (χ3v) is 5.68. The summed E-state index contributed by atoms with van der Waals surface area (Å²) in [7, 11) is 0. The monoisotopic (exact) mass is 318 g/mol. The molecule has 1 aliphatic carbocycles. The van der Waals surface area contributed by atoms with Crippen LogP contribution in [0.15, 0.2) is 30.3 Å². The Morgan fingerprint density at radius 1 is 1.17 bits per heavy atom. The summed E-state index contributed by atoms with van der Waals surface area (Å²) in [6, 6.07) is 10.4. The Morgan fingerprint density at radius 3 is 2.48 bits per heavy atom. The van der Waals surface area contributed by atoms with Gasteiger partial charge >= 0.3 is 5.97 Å². The summed E-state index contributed by atoms with van der Waals surface area (Å²) in [6.07, 6.45) is 4.92. The standard InChI is InChI=1S/C19H26O4/c1-15(9-10-17(20)21)18(16-7-3-2-4-8-16)11-5-6-12-19(18)22-13-14-23-19/h2-4,7-8,15H,5-6,9-14H2,1H3,(H,20,21). The first kappa shape index (κ1) is 16.5. The molecule has 1 aromatic rings. The van der Waals surface area contributed by atoms with Crippen LogP contribution in [0.1, 0.15) is 51.0 Å². The Labute approximate surface area is 137 Å². The molecule has 4 heteroatoms. The highest BCUT2D eigenvalue weighted by atomic mass is 16.7. The van der Waals surface area contributed by atoms with Crippen molar-refractivity contribution in [2.24, 2.45) is 5.92 Å². The zero-order valence-corrected chi connectivity index (χ0v) is 13.8. The van der Waals surface area contributed by atoms with E-state index in [1.54, 1.807) is 0 Å². The molecule has 3 rings (SSSR count). The maximum atomic E-state index is 11.1. The molecule has 2 unspecified atom stereocenters. The van der Waals surface area contributed by atoms with Gasteiger partial charge in [0.15, 0.2) is 5.79 Å². The number of benzene rings is 1. The molecule has 23 heavy (non-hydrogen) atoms. The van der Waals surface area contributed by atoms with Crippen molar-refractivity contribution in [1.29, 1.82) is 0 Å². The topological polar surface area (TPSA) is 55.8 Å². The molecule has 4 nitrogen and oxygen atoms in total. The molecule has 1 saturated carbocycles. The van der Waals surface area contributed by atoms with Gasteiger partial charge in [-0.2, -0.15) is 0 Å². The quantitative estimate of drug-likeness (QED) is 0.898. The Balaban J connectivity index is 2.03. The van der Waals surface area contributed by atoms with Gasteiger partial charge in [0.25, 0.3) is 0 Å². The molecule has 2 aliphatic rings. The van der Waals surface area contributed by atoms with Gasteiger partial charge in [-0.15, -0.1) is 0 Å². The predicted molar refractivity (Wildman–Crippen MR) is 87.3 cm³/mol. The Bertz CT molecular complexity index is 536. The minimum Gasteiger partial charge on any atom is -0.481 e. The van der Waals surface area contributed by atoms with Gasteiger partial charge in [0.1, 0.15) is 0 Å². The average molecular weight is 318 g/mol. The van der Waals surface area contributed by atoms with Crippen LogP contribution >= 0.6 is 0 Å². The van der Waals surface area contributed by atoms with Crippen molar-refractivity contribution >= 4 is 5.97 Å². The molecular formula is C19H26O4. The normalized spacial score (nSPS) is 27.9. The SMILES string of the molecule is CC(CCC(=O)O)C1(c2ccccc2)CCCCC12OCCO2. The summed E-state index contributed by atoms with van der Waals surface area (Å²) in [5, 5.41) is 9.11. The summed E-state index contributed by atoms with van der Waals surface area (Å²) in [4.78, 5) is 11.1. The van der Waals surface area contributed by atoms with Gasteiger partial charge in [0, 0.05) is 12.8 Å². The van der Waals surface area contributed by atoms with Gasteiger partial charge in [-0.1, -0.05) is 43.7 Å². The lowest BCUT2D eigenvalue weighted by molar-refractivity contribution is -0.240. The second-order valence-corrected chi connectivity index (χ2v) is 6.83. The molecule has 2 atom stereocenters. The fourth-order valence-electron chi connectivity index (χ4n) is 4.62. The van der Waals surface area contributed by atoms with Crippen LogP contribution in [0.3, 0.4) is 0 Å². The molecular weight excluding hydrogens is 292 g/mol. The minimum absolute atomic E-state index is 0.180. The molecule has 1 aromatic carbocycles. The number of ether oxygens (including phenoxy) is 2. The third-order valence-electron chi connectivity index (χ3n) is 5.68. The van der Waals surface area contributed by atoms with E-state index in [1.165, 1.54) is 5.56 Å². The highest BCUT2D eigenvalue weighted by molar-refractivity contribution is 5.66. The maximum Gasteiger partial charge on any atom is 0.303 e. The number of carbonyl (C=O) groups is 1. The van der Waals surface area contributed by atoms with Crippen LogP contribution in [0.5, 0.6) is 0 Å². The second kappa shape index (κ2) is 6.62. The fourth-order valence-corrected chi connectivity index (χ4v) is 4.62. The van der Waals surface area contributed by atoms with Crippen LogP contribution in [0, 0.1) is 5.92 Å². The highest BCUT2D eigenvalue weighted by Crippen LogP contribution is 2.56. The van der Waals surface area contributed by atoms with Crippen LogP contribution in [0.25, 0.3) is 0 Å². The molecule has 1 aliphatic heterocycles. The van der Waals surface area contributed by atoms with Crippen molar-refractivity contribution in [2.75, 3.05) is 13.2 Å². The van der Waals surface area contributed by atoms with Crippen molar-refractivity contribution < 1.29 is 19.4 Å². The zero-order chi connectivity index (χ0) is 16.3. The zero-order valence-electron chi connectivity index (χ0n) is 13.8. The van der Waals surface area contributed by atoms with Gasteiger partial charge in [-0.05, 0) is 30.7 Å². The predicted octanol–water partition coefficient (Wildman–Crippen LogP) is 3.74. The Kier molecular flexibility index (Phi) is 4.74. The lowest BCUT2D eigenvalue weighted by Gasteiger charge is -2.53. The Hall–Kier alpha value is -1.39. The van der Waals surface area contributed by atoms with Gasteiger partial charge in [0.05, 0.1) is 18.6 Å². The van der Waals surface area contributed by atoms with E-state index in [0.717, 1.165) is 25.7 Å². The molecule has 2 fully saturated rings. The summed E-state index contributed by atoms with van der Waals surface area (Å²) in [6.45, 7) is 3.41. The van der Waals surface area contributed by atoms with Gasteiger partial charge in [-0.3, -0.25) is 4.79 Å². The average Bonchev–Trinajstić information content (AvgIpc) is 3.03. The van der Waals surface area contributed by atoms with E-state index in [-0.39, 0.29) is 17.8 Å². The largest absolute Gasteiger partial charge is 0.481 e. The molecule has 0 aromatic heterocycles. The van der Waals surface area contributed by atoms with Crippen molar-refractivity contribution in [3.63, 3.8) is 0 Å². The van der Waals surface area contributed by atoms with E-state index in [9.17, 15) is 4.79 Å². The Morgan fingerprint density at radius 2 is 1.83 bits per heavy atom. The summed E-state index contributed by atoms with van der Waals surface area (Å²) >= 11 is 0. The lowest BCUT2D eigenvalue weighted by atomic mass is 9.58. The van der Waals surface area contributed by atoms with E-state index < -0.39 is 11.8 Å². The minimum atomic E-state index is -0.738. The number of carboxylic acid groups (broad SMARTS) is 1. The summed E-state index contributed by atoms with van der Waals surface area (Å²) in [5.41, 5.74) is 0.956. The van der Waals surface area contributed by atoms with Crippen molar-refractivity contribution in [2.45, 2.75) is 56.7 Å². The van der Waals surface area contributed by atoms with Crippen molar-refractivity contribution in [3.05, 3.63) is 35.9 Å². The first-order chi connectivity index (χ1) is 11.1. The van der Waals surface area contributed by atoms with E-state index in [2.05, 4.69) is 31.2 Å². The van der Waals surface area contributed by atoms with Crippen molar-refractivity contribution in [1.82, 2.24) is 0 Å². The fraction of sp³-hybridized carbons (Fsp3) is 0.632. The molecule has 0 radical (unpaired) electrons. The molecule has 0 bridgehead atoms. The first-order valence-corrected chi connectivity index (χ1v) is 8.66. The van der Waals surface area contributed by atoms with Crippen LogP contribution in [-0.2, 0) is 19.7 Å². The third kappa shape index (κ3) is 2.79. The summed E-state index contributed by atoms with van der Waals surface area (Å²) in [5.74, 6) is -1.15. The number of carboxylic acids is 1. The molecule has 1 N–H and O–H groups in total. The molecule has 0 amide bonds. The smallest absolute Gasteiger partial charge is 0.303 e. The van der Waals surface area contributed by atoms with Crippen LogP contribution < -0.4 is 0 Å². The van der Waals surface area contributed by atoms with E-state index >= 15 is 0 Å². The van der Waals surface area contributed by atoms with Crippen LogP contribution in [-0.4, -0.2) is 30.1 Å². The highest BCUT2D eigenvalue weighted by Gasteiger charge is 2.60. The number of hydrogen-bond acceptors (Lipinski definition) is 3. The molecule has 1 spiro atoms. The number of aliphatic carboxylic acids is 1.